The van der Waals surface area contributed by atoms with Crippen LogP contribution in [0.3, 0.4) is 0 Å². The molecule has 0 saturated carbocycles. The van der Waals surface area contributed by atoms with E-state index in [9.17, 15) is 9.50 Å². The number of hydrogen-bond donors (Lipinski definition) is 4. The summed E-state index contributed by atoms with van der Waals surface area (Å²) in [6.45, 7) is 4.11. The summed E-state index contributed by atoms with van der Waals surface area (Å²) < 4.78 is 13.5. The lowest BCUT2D eigenvalue weighted by Crippen LogP contribution is -2.38. The Morgan fingerprint density at radius 2 is 2.00 bits per heavy atom. The van der Waals surface area contributed by atoms with Gasteiger partial charge in [-0.3, -0.25) is 4.99 Å². The van der Waals surface area contributed by atoms with Crippen LogP contribution in [0, 0.1) is 5.82 Å². The van der Waals surface area contributed by atoms with Crippen LogP contribution in [0.4, 0.5) is 4.39 Å². The Hall–Kier alpha value is -2.29. The molecule has 150 valence electrons. The highest BCUT2D eigenvalue weighted by Crippen LogP contribution is 2.19. The first kappa shape index (κ1) is 22.0. The summed E-state index contributed by atoms with van der Waals surface area (Å²) >= 11 is 0. The predicted octanol–water partition coefficient (Wildman–Crippen LogP) is 3.97. The average molecular weight is 496 g/mol. The van der Waals surface area contributed by atoms with Gasteiger partial charge in [0.05, 0.1) is 0 Å². The zero-order chi connectivity index (χ0) is 19.1. The largest absolute Gasteiger partial charge is 0.508 e. The van der Waals surface area contributed by atoms with Crippen molar-refractivity contribution >= 4 is 40.8 Å². The fraction of sp³-hybridized carbons (Fsp3) is 0.286. The van der Waals surface area contributed by atoms with E-state index in [2.05, 4.69) is 20.6 Å². The van der Waals surface area contributed by atoms with E-state index in [1.807, 2.05) is 25.3 Å². The van der Waals surface area contributed by atoms with Crippen LogP contribution in [0.1, 0.15) is 18.1 Å². The van der Waals surface area contributed by atoms with Crippen molar-refractivity contribution in [2.24, 2.45) is 4.99 Å². The molecule has 1 aromatic heterocycles. The van der Waals surface area contributed by atoms with Gasteiger partial charge in [0.15, 0.2) is 5.96 Å². The van der Waals surface area contributed by atoms with E-state index in [1.165, 1.54) is 6.07 Å². The predicted molar refractivity (Wildman–Crippen MR) is 123 cm³/mol. The van der Waals surface area contributed by atoms with Crippen molar-refractivity contribution in [2.75, 3.05) is 19.6 Å². The molecule has 28 heavy (non-hydrogen) atoms. The van der Waals surface area contributed by atoms with E-state index in [-0.39, 0.29) is 35.5 Å². The number of phenols is 1. The lowest BCUT2D eigenvalue weighted by Gasteiger charge is -2.11. The van der Waals surface area contributed by atoms with Gasteiger partial charge >= 0.3 is 0 Å². The number of H-pyrrole nitrogens is 1. The summed E-state index contributed by atoms with van der Waals surface area (Å²) in [5.74, 6) is 0.806. The summed E-state index contributed by atoms with van der Waals surface area (Å²) in [6, 6.07) is 12.0. The van der Waals surface area contributed by atoms with Crippen LogP contribution in [0.2, 0.25) is 0 Å². The number of aromatic nitrogens is 1. The number of phenolic OH excluding ortho intramolecular Hbond substituents is 1. The molecule has 3 aromatic rings. The van der Waals surface area contributed by atoms with Gasteiger partial charge in [0, 0.05) is 36.7 Å². The van der Waals surface area contributed by atoms with E-state index in [4.69, 9.17) is 0 Å². The second-order valence-corrected chi connectivity index (χ2v) is 6.36. The molecule has 2 aromatic carbocycles. The number of aromatic hydroxyl groups is 1. The van der Waals surface area contributed by atoms with Crippen molar-refractivity contribution < 1.29 is 9.50 Å². The van der Waals surface area contributed by atoms with E-state index < -0.39 is 0 Å². The molecule has 3 rings (SSSR count). The fourth-order valence-corrected chi connectivity index (χ4v) is 3.02. The molecule has 1 heterocycles. The first-order chi connectivity index (χ1) is 13.2. The molecule has 0 aliphatic heterocycles. The van der Waals surface area contributed by atoms with Crippen LogP contribution >= 0.6 is 24.0 Å². The third-order valence-corrected chi connectivity index (χ3v) is 4.34. The van der Waals surface area contributed by atoms with Gasteiger partial charge in [-0.2, -0.15) is 0 Å². The zero-order valence-corrected chi connectivity index (χ0v) is 18.2. The molecule has 0 atom stereocenters. The van der Waals surface area contributed by atoms with Gasteiger partial charge in [0.1, 0.15) is 11.6 Å². The molecule has 5 nitrogen and oxygen atoms in total. The van der Waals surface area contributed by atoms with Crippen LogP contribution in [0.25, 0.3) is 10.9 Å². The maximum atomic E-state index is 13.5. The van der Waals surface area contributed by atoms with Gasteiger partial charge in [0.25, 0.3) is 0 Å². The molecule has 0 spiro atoms. The zero-order valence-electron chi connectivity index (χ0n) is 15.8. The van der Waals surface area contributed by atoms with Gasteiger partial charge in [-0.15, -0.1) is 24.0 Å². The van der Waals surface area contributed by atoms with E-state index in [1.54, 1.807) is 24.3 Å². The quantitative estimate of drug-likeness (QED) is 0.227. The molecule has 0 aliphatic carbocycles. The van der Waals surface area contributed by atoms with Gasteiger partial charge < -0.3 is 20.7 Å². The number of rotatable bonds is 7. The molecule has 4 N–H and O–H groups in total. The van der Waals surface area contributed by atoms with E-state index in [0.29, 0.717) is 13.1 Å². The smallest absolute Gasteiger partial charge is 0.191 e. The lowest BCUT2D eigenvalue weighted by molar-refractivity contribution is 0.474. The minimum absolute atomic E-state index is 0. The summed E-state index contributed by atoms with van der Waals surface area (Å²) in [7, 11) is 0. The highest BCUT2D eigenvalue weighted by molar-refractivity contribution is 14.0. The number of benzene rings is 2. The minimum atomic E-state index is -0.228. The Kier molecular flexibility index (Phi) is 8.56. The number of aliphatic imine (C=N–C) groups is 1. The number of halogens is 2. The molecule has 0 radical (unpaired) electrons. The SMILES string of the molecule is CCNC(=NCCc1c[nH]c2ccc(F)cc12)NCCc1cccc(O)c1.I. The van der Waals surface area contributed by atoms with E-state index in [0.717, 1.165) is 47.4 Å². The maximum Gasteiger partial charge on any atom is 0.191 e. The second kappa shape index (κ2) is 10.9. The summed E-state index contributed by atoms with van der Waals surface area (Å²) in [5.41, 5.74) is 3.06. The van der Waals surface area contributed by atoms with Crippen LogP contribution in [-0.2, 0) is 12.8 Å². The van der Waals surface area contributed by atoms with Crippen LogP contribution < -0.4 is 10.6 Å². The van der Waals surface area contributed by atoms with Crippen molar-refractivity contribution in [3.05, 3.63) is 65.6 Å². The van der Waals surface area contributed by atoms with Crippen molar-refractivity contribution in [3.8, 4) is 5.75 Å². The Labute approximate surface area is 181 Å². The fourth-order valence-electron chi connectivity index (χ4n) is 3.02. The lowest BCUT2D eigenvalue weighted by atomic mass is 10.1. The third kappa shape index (κ3) is 6.12. The molecule has 7 heteroatoms. The van der Waals surface area contributed by atoms with E-state index >= 15 is 0 Å². The highest BCUT2D eigenvalue weighted by atomic mass is 127. The molecule has 0 fully saturated rings. The summed E-state index contributed by atoms with van der Waals surface area (Å²) in [5, 5.41) is 17.0. The molecule has 0 bridgehead atoms. The molecule has 0 unspecified atom stereocenters. The van der Waals surface area contributed by atoms with Crippen LogP contribution in [-0.4, -0.2) is 35.7 Å². The minimum Gasteiger partial charge on any atom is -0.508 e. The van der Waals surface area contributed by atoms with Crippen LogP contribution in [0.15, 0.2) is 53.7 Å². The number of nitrogens with one attached hydrogen (secondary N) is 3. The topological polar surface area (TPSA) is 72.4 Å². The average Bonchev–Trinajstić information content (AvgIpc) is 3.04. The Balaban J connectivity index is 0.00000280. The summed E-state index contributed by atoms with van der Waals surface area (Å²) in [6.07, 6.45) is 3.44. The Bertz CT molecular complexity index is 926. The maximum absolute atomic E-state index is 13.5. The van der Waals surface area contributed by atoms with Crippen molar-refractivity contribution in [1.82, 2.24) is 15.6 Å². The standard InChI is InChI=1S/C21H25FN4O.HI/c1-2-23-21(24-10-8-15-4-3-5-18(27)12-15)25-11-9-16-14-26-20-7-6-17(22)13-19(16)20;/h3-7,12-14,26-27H,2,8-11H2,1H3,(H2,23,24,25);1H. The number of hydrogen-bond acceptors (Lipinski definition) is 2. The molecule has 0 amide bonds. The number of guanidine groups is 1. The number of nitrogens with zero attached hydrogens (tertiary/aromatic N) is 1. The first-order valence-electron chi connectivity index (χ1n) is 9.21. The van der Waals surface area contributed by atoms with Gasteiger partial charge in [0.2, 0.25) is 0 Å². The highest BCUT2D eigenvalue weighted by Gasteiger charge is 2.05. The van der Waals surface area contributed by atoms with Gasteiger partial charge in [-0.1, -0.05) is 12.1 Å². The second-order valence-electron chi connectivity index (χ2n) is 6.36. The Morgan fingerprint density at radius 1 is 1.14 bits per heavy atom. The molecular weight excluding hydrogens is 470 g/mol. The number of fused-ring (bicyclic) bond motifs is 1. The number of aromatic amines is 1. The van der Waals surface area contributed by atoms with Gasteiger partial charge in [-0.05, 0) is 61.2 Å². The van der Waals surface area contributed by atoms with Crippen molar-refractivity contribution in [1.29, 1.82) is 0 Å². The first-order valence-corrected chi connectivity index (χ1v) is 9.21. The van der Waals surface area contributed by atoms with Crippen molar-refractivity contribution in [2.45, 2.75) is 19.8 Å². The van der Waals surface area contributed by atoms with Crippen molar-refractivity contribution in [3.63, 3.8) is 0 Å². The third-order valence-electron chi connectivity index (χ3n) is 4.34. The molecular formula is C21H26FIN4O. The monoisotopic (exact) mass is 496 g/mol. The normalized spacial score (nSPS) is 11.3. The molecule has 0 saturated heterocycles. The summed E-state index contributed by atoms with van der Waals surface area (Å²) in [4.78, 5) is 7.77. The molecule has 0 aliphatic rings. The van der Waals surface area contributed by atoms with Gasteiger partial charge in [-0.25, -0.2) is 4.39 Å². The van der Waals surface area contributed by atoms with Crippen LogP contribution in [0.5, 0.6) is 5.75 Å². The Morgan fingerprint density at radius 3 is 2.79 bits per heavy atom.